The maximum Gasteiger partial charge on any atom is 0.310 e. The van der Waals surface area contributed by atoms with Gasteiger partial charge in [-0.15, -0.1) is 0 Å². The molecule has 0 unspecified atom stereocenters. The van der Waals surface area contributed by atoms with Gasteiger partial charge in [-0.3, -0.25) is 4.79 Å². The Morgan fingerprint density at radius 2 is 1.82 bits per heavy atom. The third-order valence-electron chi connectivity index (χ3n) is 2.34. The average molecular weight is 236 g/mol. The molecule has 94 valence electrons. The van der Waals surface area contributed by atoms with Crippen molar-refractivity contribution in [3.8, 4) is 5.75 Å². The van der Waals surface area contributed by atoms with Crippen LogP contribution in [0.2, 0.25) is 0 Å². The second-order valence-corrected chi connectivity index (χ2v) is 3.81. The summed E-state index contributed by atoms with van der Waals surface area (Å²) in [5.74, 6) is 0.413. The standard InChI is InChI=1S/C9H10O2.C5H10O/c1-2-9(10)11-8-6-4-3-5-7-8;1-2-4-6-5-3-1/h3-7H,2H2,1H3;1-5H2. The lowest BCUT2D eigenvalue weighted by Crippen LogP contribution is -2.04. The van der Waals surface area contributed by atoms with Crippen molar-refractivity contribution in [3.63, 3.8) is 0 Å². The molecule has 3 heteroatoms. The Kier molecular flexibility index (Phi) is 7.07. The van der Waals surface area contributed by atoms with Crippen molar-refractivity contribution >= 4 is 5.97 Å². The lowest BCUT2D eigenvalue weighted by molar-refractivity contribution is -0.134. The molecule has 1 aliphatic rings. The molecule has 0 bridgehead atoms. The van der Waals surface area contributed by atoms with Gasteiger partial charge in [0.25, 0.3) is 0 Å². The normalized spacial score (nSPS) is 14.4. The van der Waals surface area contributed by atoms with Crippen LogP contribution in [0.25, 0.3) is 0 Å². The molecule has 0 N–H and O–H groups in total. The van der Waals surface area contributed by atoms with E-state index in [4.69, 9.17) is 9.47 Å². The number of hydrogen-bond donors (Lipinski definition) is 0. The van der Waals surface area contributed by atoms with E-state index in [1.165, 1.54) is 19.3 Å². The Labute approximate surface area is 103 Å². The van der Waals surface area contributed by atoms with Crippen molar-refractivity contribution < 1.29 is 14.3 Å². The van der Waals surface area contributed by atoms with Gasteiger partial charge in [-0.2, -0.15) is 0 Å². The molecule has 1 aliphatic heterocycles. The van der Waals surface area contributed by atoms with Gasteiger partial charge in [0.05, 0.1) is 0 Å². The SMILES string of the molecule is C1CCOCC1.CCC(=O)Oc1ccccc1. The monoisotopic (exact) mass is 236 g/mol. The van der Waals surface area contributed by atoms with E-state index in [0.717, 1.165) is 13.2 Å². The van der Waals surface area contributed by atoms with Gasteiger partial charge in [-0.05, 0) is 31.4 Å². The van der Waals surface area contributed by atoms with Crippen LogP contribution >= 0.6 is 0 Å². The lowest BCUT2D eigenvalue weighted by Gasteiger charge is -2.08. The van der Waals surface area contributed by atoms with E-state index in [9.17, 15) is 4.79 Å². The van der Waals surface area contributed by atoms with E-state index in [-0.39, 0.29) is 5.97 Å². The summed E-state index contributed by atoms with van der Waals surface area (Å²) in [4.78, 5) is 10.8. The summed E-state index contributed by atoms with van der Waals surface area (Å²) in [6.45, 7) is 3.77. The van der Waals surface area contributed by atoms with Gasteiger partial charge in [0.2, 0.25) is 0 Å². The Morgan fingerprint density at radius 3 is 2.24 bits per heavy atom. The van der Waals surface area contributed by atoms with Crippen LogP contribution in [0.4, 0.5) is 0 Å². The van der Waals surface area contributed by atoms with E-state index >= 15 is 0 Å². The van der Waals surface area contributed by atoms with Gasteiger partial charge in [0.1, 0.15) is 5.75 Å². The van der Waals surface area contributed by atoms with Crippen LogP contribution in [-0.4, -0.2) is 19.2 Å². The minimum Gasteiger partial charge on any atom is -0.427 e. The number of carbonyl (C=O) groups is 1. The molecule has 0 aromatic heterocycles. The van der Waals surface area contributed by atoms with Gasteiger partial charge in [0, 0.05) is 19.6 Å². The van der Waals surface area contributed by atoms with E-state index in [2.05, 4.69) is 0 Å². The molecular formula is C14H20O3. The highest BCUT2D eigenvalue weighted by molar-refractivity contribution is 5.71. The predicted molar refractivity (Wildman–Crippen MR) is 67.0 cm³/mol. The van der Waals surface area contributed by atoms with Crippen LogP contribution in [-0.2, 0) is 9.53 Å². The largest absolute Gasteiger partial charge is 0.427 e. The fourth-order valence-electron chi connectivity index (χ4n) is 1.38. The summed E-state index contributed by atoms with van der Waals surface area (Å²) in [7, 11) is 0. The minimum atomic E-state index is -0.198. The van der Waals surface area contributed by atoms with Gasteiger partial charge >= 0.3 is 5.97 Å². The molecule has 0 radical (unpaired) electrons. The molecular weight excluding hydrogens is 216 g/mol. The summed E-state index contributed by atoms with van der Waals surface area (Å²) in [5.41, 5.74) is 0. The first-order valence-corrected chi connectivity index (χ1v) is 6.16. The summed E-state index contributed by atoms with van der Waals surface area (Å²) >= 11 is 0. The fourth-order valence-corrected chi connectivity index (χ4v) is 1.38. The van der Waals surface area contributed by atoms with Crippen LogP contribution in [0.1, 0.15) is 32.6 Å². The lowest BCUT2D eigenvalue weighted by atomic mass is 10.2. The number of para-hydroxylation sites is 1. The van der Waals surface area contributed by atoms with Crippen molar-refractivity contribution in [2.24, 2.45) is 0 Å². The first-order chi connectivity index (χ1) is 8.33. The summed E-state index contributed by atoms with van der Waals surface area (Å²) in [5, 5.41) is 0. The second-order valence-electron chi connectivity index (χ2n) is 3.81. The predicted octanol–water partition coefficient (Wildman–Crippen LogP) is 3.19. The second kappa shape index (κ2) is 8.76. The van der Waals surface area contributed by atoms with Gasteiger partial charge in [0.15, 0.2) is 0 Å². The van der Waals surface area contributed by atoms with Gasteiger partial charge in [-0.1, -0.05) is 25.1 Å². The van der Waals surface area contributed by atoms with Crippen LogP contribution in [0.15, 0.2) is 30.3 Å². The molecule has 17 heavy (non-hydrogen) atoms. The third kappa shape index (κ3) is 6.74. The maximum atomic E-state index is 10.8. The molecule has 0 amide bonds. The highest BCUT2D eigenvalue weighted by atomic mass is 16.5. The topological polar surface area (TPSA) is 35.5 Å². The zero-order chi connectivity index (χ0) is 12.3. The van der Waals surface area contributed by atoms with Crippen molar-refractivity contribution in [1.29, 1.82) is 0 Å². The average Bonchev–Trinajstić information content (AvgIpc) is 2.42. The van der Waals surface area contributed by atoms with Gasteiger partial charge in [-0.25, -0.2) is 0 Å². The smallest absolute Gasteiger partial charge is 0.310 e. The van der Waals surface area contributed by atoms with Gasteiger partial charge < -0.3 is 9.47 Å². The Hall–Kier alpha value is -1.35. The van der Waals surface area contributed by atoms with E-state index in [0.29, 0.717) is 12.2 Å². The molecule has 1 aromatic rings. The van der Waals surface area contributed by atoms with Crippen LogP contribution in [0, 0.1) is 0 Å². The summed E-state index contributed by atoms with van der Waals surface area (Å²) in [6.07, 6.45) is 4.34. The van der Waals surface area contributed by atoms with Crippen molar-refractivity contribution in [3.05, 3.63) is 30.3 Å². The number of esters is 1. The first kappa shape index (κ1) is 13.7. The van der Waals surface area contributed by atoms with Crippen molar-refractivity contribution in [1.82, 2.24) is 0 Å². The molecule has 1 saturated heterocycles. The van der Waals surface area contributed by atoms with Crippen LogP contribution in [0.5, 0.6) is 5.75 Å². The Morgan fingerprint density at radius 1 is 1.18 bits per heavy atom. The number of benzene rings is 1. The number of rotatable bonds is 2. The molecule has 1 heterocycles. The molecule has 3 nitrogen and oxygen atoms in total. The zero-order valence-electron chi connectivity index (χ0n) is 10.4. The van der Waals surface area contributed by atoms with E-state index in [1.54, 1.807) is 19.1 Å². The Bertz CT molecular complexity index is 293. The number of ether oxygens (including phenoxy) is 2. The molecule has 0 saturated carbocycles. The van der Waals surface area contributed by atoms with Crippen LogP contribution in [0.3, 0.4) is 0 Å². The molecule has 0 atom stereocenters. The number of hydrogen-bond acceptors (Lipinski definition) is 3. The summed E-state index contributed by atoms with van der Waals surface area (Å²) < 4.78 is 9.99. The molecule has 1 aromatic carbocycles. The fraction of sp³-hybridized carbons (Fsp3) is 0.500. The Balaban J connectivity index is 0.000000202. The third-order valence-corrected chi connectivity index (χ3v) is 2.34. The van der Waals surface area contributed by atoms with Crippen molar-refractivity contribution in [2.45, 2.75) is 32.6 Å². The van der Waals surface area contributed by atoms with E-state index in [1.807, 2.05) is 18.2 Å². The molecule has 0 aliphatic carbocycles. The molecule has 2 rings (SSSR count). The molecule has 1 fully saturated rings. The first-order valence-electron chi connectivity index (χ1n) is 6.16. The zero-order valence-corrected chi connectivity index (χ0v) is 10.4. The molecule has 0 spiro atoms. The van der Waals surface area contributed by atoms with Crippen LogP contribution < -0.4 is 4.74 Å². The summed E-state index contributed by atoms with van der Waals surface area (Å²) in [6, 6.07) is 9.06. The number of carbonyl (C=O) groups excluding carboxylic acids is 1. The maximum absolute atomic E-state index is 10.8. The quantitative estimate of drug-likeness (QED) is 0.584. The minimum absolute atomic E-state index is 0.198. The van der Waals surface area contributed by atoms with Crippen molar-refractivity contribution in [2.75, 3.05) is 13.2 Å². The highest BCUT2D eigenvalue weighted by Crippen LogP contribution is 2.08. The van der Waals surface area contributed by atoms with E-state index < -0.39 is 0 Å². The highest BCUT2D eigenvalue weighted by Gasteiger charge is 1.98.